The molecule has 0 unspecified atom stereocenters. The Balaban J connectivity index is 1.73. The van der Waals surface area contributed by atoms with Crippen LogP contribution in [-0.4, -0.2) is 16.2 Å². The summed E-state index contributed by atoms with van der Waals surface area (Å²) in [7, 11) is 0. The molecule has 7 heteroatoms. The molecule has 0 amide bonds. The second-order valence-corrected chi connectivity index (χ2v) is 5.29. The minimum absolute atomic E-state index is 0.183. The quantitative estimate of drug-likeness (QED) is 0.684. The van der Waals surface area contributed by atoms with Crippen molar-refractivity contribution in [2.24, 2.45) is 0 Å². The van der Waals surface area contributed by atoms with Gasteiger partial charge in [0.1, 0.15) is 5.82 Å². The van der Waals surface area contributed by atoms with Gasteiger partial charge < -0.3 is 9.15 Å². The molecule has 0 aliphatic rings. The van der Waals surface area contributed by atoms with Crippen molar-refractivity contribution in [2.45, 2.75) is 13.0 Å². The van der Waals surface area contributed by atoms with Crippen LogP contribution in [0, 0.1) is 5.82 Å². The van der Waals surface area contributed by atoms with Crippen LogP contribution in [0.1, 0.15) is 29.3 Å². The molecule has 0 N–H and O–H groups in total. The fourth-order valence-electron chi connectivity index (χ4n) is 1.77. The summed E-state index contributed by atoms with van der Waals surface area (Å²) in [6, 6.07) is 7.36. The maximum absolute atomic E-state index is 12.9. The van der Waals surface area contributed by atoms with Crippen molar-refractivity contribution < 1.29 is 18.3 Å². The maximum Gasteiger partial charge on any atom is 0.339 e. The first-order chi connectivity index (χ1) is 10.6. The Morgan fingerprint density at radius 2 is 2.05 bits per heavy atom. The van der Waals surface area contributed by atoms with Gasteiger partial charge in [-0.05, 0) is 42.6 Å². The van der Waals surface area contributed by atoms with Gasteiger partial charge in [0.2, 0.25) is 5.89 Å². The highest BCUT2D eigenvalue weighted by molar-refractivity contribution is 7.08. The number of aromatic nitrogens is 2. The van der Waals surface area contributed by atoms with E-state index < -0.39 is 12.1 Å². The second kappa shape index (κ2) is 6.07. The van der Waals surface area contributed by atoms with Crippen LogP contribution in [0.15, 0.2) is 45.5 Å². The van der Waals surface area contributed by atoms with Crippen molar-refractivity contribution >= 4 is 17.3 Å². The number of carbonyl (C=O) groups excluding carboxylic acids is 1. The third-order valence-electron chi connectivity index (χ3n) is 2.92. The molecular formula is C15H11FN2O3S. The summed E-state index contributed by atoms with van der Waals surface area (Å²) in [5, 5.41) is 11.2. The first-order valence-electron chi connectivity index (χ1n) is 6.46. The molecule has 2 aromatic heterocycles. The molecule has 2 heterocycles. The van der Waals surface area contributed by atoms with Gasteiger partial charge in [0.25, 0.3) is 5.89 Å². The molecular weight excluding hydrogens is 307 g/mol. The molecule has 22 heavy (non-hydrogen) atoms. The van der Waals surface area contributed by atoms with E-state index in [1.165, 1.54) is 35.6 Å². The maximum atomic E-state index is 12.9. The van der Waals surface area contributed by atoms with Gasteiger partial charge in [-0.15, -0.1) is 10.2 Å². The van der Waals surface area contributed by atoms with E-state index in [-0.39, 0.29) is 17.6 Å². The van der Waals surface area contributed by atoms with Crippen LogP contribution in [0.4, 0.5) is 4.39 Å². The summed E-state index contributed by atoms with van der Waals surface area (Å²) >= 11 is 1.41. The van der Waals surface area contributed by atoms with Gasteiger partial charge in [0, 0.05) is 10.9 Å². The summed E-state index contributed by atoms with van der Waals surface area (Å²) in [5.74, 6) is -0.367. The zero-order chi connectivity index (χ0) is 15.5. The van der Waals surface area contributed by atoms with Gasteiger partial charge in [-0.2, -0.15) is 11.3 Å². The first kappa shape index (κ1) is 14.4. The molecule has 112 valence electrons. The Labute approximate surface area is 129 Å². The summed E-state index contributed by atoms with van der Waals surface area (Å²) in [6.07, 6.45) is -0.672. The van der Waals surface area contributed by atoms with Crippen LogP contribution in [0.3, 0.4) is 0 Å². The summed E-state index contributed by atoms with van der Waals surface area (Å²) in [6.45, 7) is 1.65. The van der Waals surface area contributed by atoms with Gasteiger partial charge in [0.15, 0.2) is 6.10 Å². The number of hydrogen-bond acceptors (Lipinski definition) is 6. The monoisotopic (exact) mass is 318 g/mol. The fourth-order valence-corrected chi connectivity index (χ4v) is 2.39. The van der Waals surface area contributed by atoms with Crippen molar-refractivity contribution in [3.63, 3.8) is 0 Å². The van der Waals surface area contributed by atoms with Crippen LogP contribution in [0.25, 0.3) is 11.5 Å². The number of benzene rings is 1. The molecule has 0 saturated heterocycles. The lowest BCUT2D eigenvalue weighted by molar-refractivity contribution is 0.0280. The molecule has 0 aliphatic carbocycles. The zero-order valence-electron chi connectivity index (χ0n) is 11.5. The Morgan fingerprint density at radius 3 is 2.73 bits per heavy atom. The van der Waals surface area contributed by atoms with Crippen molar-refractivity contribution in [2.75, 3.05) is 0 Å². The number of ether oxygens (including phenoxy) is 1. The Hall–Kier alpha value is -2.54. The third kappa shape index (κ3) is 3.04. The molecule has 5 nitrogen and oxygen atoms in total. The fraction of sp³-hybridized carbons (Fsp3) is 0.133. The normalized spacial score (nSPS) is 12.1. The number of halogens is 1. The lowest BCUT2D eigenvalue weighted by Crippen LogP contribution is -2.08. The second-order valence-electron chi connectivity index (χ2n) is 4.51. The topological polar surface area (TPSA) is 65.2 Å². The molecule has 3 aromatic rings. The van der Waals surface area contributed by atoms with E-state index in [0.29, 0.717) is 11.1 Å². The smallest absolute Gasteiger partial charge is 0.339 e. The van der Waals surface area contributed by atoms with Crippen LogP contribution >= 0.6 is 11.3 Å². The number of rotatable bonds is 4. The van der Waals surface area contributed by atoms with E-state index in [9.17, 15) is 9.18 Å². The molecule has 0 bridgehead atoms. The summed E-state index contributed by atoms with van der Waals surface area (Å²) in [5.41, 5.74) is 1.08. The highest BCUT2D eigenvalue weighted by Crippen LogP contribution is 2.23. The average Bonchev–Trinajstić information content (AvgIpc) is 3.20. The molecule has 0 spiro atoms. The molecule has 1 atom stereocenters. The van der Waals surface area contributed by atoms with Crippen molar-refractivity contribution in [3.8, 4) is 11.5 Å². The van der Waals surface area contributed by atoms with Gasteiger partial charge in [0.05, 0.1) is 5.56 Å². The largest absolute Gasteiger partial charge is 0.449 e. The van der Waals surface area contributed by atoms with Crippen LogP contribution in [0.5, 0.6) is 0 Å². The summed E-state index contributed by atoms with van der Waals surface area (Å²) < 4.78 is 23.6. The van der Waals surface area contributed by atoms with Gasteiger partial charge in [-0.25, -0.2) is 9.18 Å². The Kier molecular flexibility index (Phi) is 3.97. The predicted molar refractivity (Wildman–Crippen MR) is 77.8 cm³/mol. The Morgan fingerprint density at radius 1 is 1.27 bits per heavy atom. The SMILES string of the molecule is C[C@H](OC(=O)c1ccsc1)c1nnc(-c2ccc(F)cc2)o1. The number of nitrogens with zero attached hydrogens (tertiary/aromatic N) is 2. The van der Waals surface area contributed by atoms with Gasteiger partial charge >= 0.3 is 5.97 Å². The molecule has 1 aromatic carbocycles. The molecule has 0 fully saturated rings. The number of hydrogen-bond donors (Lipinski definition) is 0. The predicted octanol–water partition coefficient (Wildman–Crippen LogP) is 3.86. The minimum atomic E-state index is -0.672. The van der Waals surface area contributed by atoms with Crippen LogP contribution in [-0.2, 0) is 4.74 Å². The van der Waals surface area contributed by atoms with E-state index >= 15 is 0 Å². The standard InChI is InChI=1S/C15H11FN2O3S/c1-9(20-15(19)11-6-7-22-8-11)13-17-18-14(21-13)10-2-4-12(16)5-3-10/h2-9H,1H3/t9-/m0/s1. The Bertz CT molecular complexity index is 768. The van der Waals surface area contributed by atoms with E-state index in [1.807, 2.05) is 0 Å². The number of carbonyl (C=O) groups is 1. The van der Waals surface area contributed by atoms with Crippen molar-refractivity contribution in [3.05, 3.63) is 58.4 Å². The van der Waals surface area contributed by atoms with E-state index in [0.717, 1.165) is 0 Å². The van der Waals surface area contributed by atoms with Crippen molar-refractivity contribution in [1.82, 2.24) is 10.2 Å². The molecule has 0 radical (unpaired) electrons. The van der Waals surface area contributed by atoms with E-state index in [2.05, 4.69) is 10.2 Å². The minimum Gasteiger partial charge on any atom is -0.449 e. The molecule has 0 aliphatic heterocycles. The molecule has 0 saturated carbocycles. The van der Waals surface area contributed by atoms with Gasteiger partial charge in [-0.1, -0.05) is 0 Å². The zero-order valence-corrected chi connectivity index (χ0v) is 12.3. The number of thiophene rings is 1. The lowest BCUT2D eigenvalue weighted by atomic mass is 10.2. The van der Waals surface area contributed by atoms with Gasteiger partial charge in [-0.3, -0.25) is 0 Å². The van der Waals surface area contributed by atoms with Crippen LogP contribution in [0.2, 0.25) is 0 Å². The summed E-state index contributed by atoms with van der Waals surface area (Å²) in [4.78, 5) is 11.9. The molecule has 3 rings (SSSR count). The highest BCUT2D eigenvalue weighted by atomic mass is 32.1. The lowest BCUT2D eigenvalue weighted by Gasteiger charge is -2.07. The first-order valence-corrected chi connectivity index (χ1v) is 7.40. The van der Waals surface area contributed by atoms with E-state index in [4.69, 9.17) is 9.15 Å². The van der Waals surface area contributed by atoms with Crippen molar-refractivity contribution in [1.29, 1.82) is 0 Å². The van der Waals surface area contributed by atoms with E-state index in [1.54, 1.807) is 23.8 Å². The third-order valence-corrected chi connectivity index (χ3v) is 3.60. The average molecular weight is 318 g/mol. The van der Waals surface area contributed by atoms with Crippen LogP contribution < -0.4 is 0 Å². The number of esters is 1. The highest BCUT2D eigenvalue weighted by Gasteiger charge is 2.20.